The molecule has 0 aliphatic heterocycles. The van der Waals surface area contributed by atoms with Crippen LogP contribution < -0.4 is 10.1 Å². The summed E-state index contributed by atoms with van der Waals surface area (Å²) in [6.45, 7) is 0.570. The highest BCUT2D eigenvalue weighted by Gasteiger charge is 2.29. The topological polar surface area (TPSA) is 54.5 Å². The van der Waals surface area contributed by atoms with Gasteiger partial charge >= 0.3 is 0 Å². The monoisotopic (exact) mass is 435 g/mol. The lowest BCUT2D eigenvalue weighted by molar-refractivity contribution is 0.0606. The van der Waals surface area contributed by atoms with Crippen molar-refractivity contribution in [2.75, 3.05) is 14.2 Å². The van der Waals surface area contributed by atoms with E-state index < -0.39 is 0 Å². The second-order valence-corrected chi connectivity index (χ2v) is 8.96. The van der Waals surface area contributed by atoms with Gasteiger partial charge in [-0.15, -0.1) is 11.3 Å². The molecule has 1 amide bonds. The average Bonchev–Trinajstić information content (AvgIpc) is 3.38. The van der Waals surface area contributed by atoms with Gasteiger partial charge in [0.05, 0.1) is 12.0 Å². The molecule has 5 nitrogen and oxygen atoms in total. The first-order valence-corrected chi connectivity index (χ1v) is 11.7. The standard InChI is InChI=1S/C25H29N3O2S/c1-26-21-5-7-22(8-6-21)28(25(29)24-4-3-13-31-24)17-18-14-20(16-23(15-18)30-2)19-9-11-27-12-10-19/h3-4,9-16,21-22,26H,5-8,17H2,1-2H3. The summed E-state index contributed by atoms with van der Waals surface area (Å²) >= 11 is 1.51. The highest BCUT2D eigenvalue weighted by atomic mass is 32.1. The number of ether oxygens (including phenoxy) is 1. The first-order valence-electron chi connectivity index (χ1n) is 10.8. The third-order valence-corrected chi connectivity index (χ3v) is 6.96. The molecular weight excluding hydrogens is 406 g/mol. The Hall–Kier alpha value is -2.70. The summed E-state index contributed by atoms with van der Waals surface area (Å²) in [5, 5.41) is 5.36. The van der Waals surface area contributed by atoms with E-state index in [0.29, 0.717) is 12.6 Å². The Labute approximate surface area is 188 Å². The van der Waals surface area contributed by atoms with Crippen LogP contribution in [-0.2, 0) is 6.54 Å². The van der Waals surface area contributed by atoms with E-state index in [2.05, 4.69) is 21.3 Å². The number of nitrogens with zero attached hydrogens (tertiary/aromatic N) is 2. The number of hydrogen-bond donors (Lipinski definition) is 1. The number of hydrogen-bond acceptors (Lipinski definition) is 5. The van der Waals surface area contributed by atoms with Gasteiger partial charge in [0.2, 0.25) is 0 Å². The molecule has 1 aliphatic rings. The quantitative estimate of drug-likeness (QED) is 0.568. The van der Waals surface area contributed by atoms with Gasteiger partial charge in [0.25, 0.3) is 5.91 Å². The summed E-state index contributed by atoms with van der Waals surface area (Å²) in [6.07, 6.45) is 7.81. The molecule has 1 aliphatic carbocycles. The molecule has 0 atom stereocenters. The van der Waals surface area contributed by atoms with Crippen LogP contribution in [0.2, 0.25) is 0 Å². The van der Waals surface area contributed by atoms with Gasteiger partial charge in [-0.2, -0.15) is 0 Å². The molecule has 0 radical (unpaired) electrons. The number of rotatable bonds is 7. The van der Waals surface area contributed by atoms with Crippen molar-refractivity contribution < 1.29 is 9.53 Å². The number of carbonyl (C=O) groups is 1. The van der Waals surface area contributed by atoms with Crippen molar-refractivity contribution >= 4 is 17.2 Å². The maximum absolute atomic E-state index is 13.5. The van der Waals surface area contributed by atoms with Gasteiger partial charge in [-0.05, 0) is 91.2 Å². The molecule has 0 saturated heterocycles. The van der Waals surface area contributed by atoms with Crippen molar-refractivity contribution in [3.63, 3.8) is 0 Å². The Morgan fingerprint density at radius 2 is 1.90 bits per heavy atom. The first-order chi connectivity index (χ1) is 15.2. The van der Waals surface area contributed by atoms with Crippen molar-refractivity contribution in [3.05, 3.63) is 70.7 Å². The van der Waals surface area contributed by atoms with Crippen LogP contribution in [0, 0.1) is 0 Å². The largest absolute Gasteiger partial charge is 0.497 e. The predicted molar refractivity (Wildman–Crippen MR) is 126 cm³/mol. The van der Waals surface area contributed by atoms with E-state index in [1.807, 2.05) is 48.8 Å². The maximum Gasteiger partial charge on any atom is 0.264 e. The van der Waals surface area contributed by atoms with Crippen LogP contribution in [-0.4, -0.2) is 42.0 Å². The summed E-state index contributed by atoms with van der Waals surface area (Å²) in [7, 11) is 3.71. The first kappa shape index (κ1) is 21.5. The number of carbonyl (C=O) groups excluding carboxylic acids is 1. The SMILES string of the molecule is CNC1CCC(N(Cc2cc(OC)cc(-c3ccncc3)c2)C(=O)c2cccs2)CC1. The van der Waals surface area contributed by atoms with E-state index in [0.717, 1.165) is 53.0 Å². The minimum absolute atomic E-state index is 0.121. The summed E-state index contributed by atoms with van der Waals surface area (Å²) < 4.78 is 5.58. The van der Waals surface area contributed by atoms with Crippen molar-refractivity contribution in [2.24, 2.45) is 0 Å². The summed E-state index contributed by atoms with van der Waals surface area (Å²) in [6, 6.07) is 14.9. The van der Waals surface area contributed by atoms with Crippen molar-refractivity contribution in [3.8, 4) is 16.9 Å². The van der Waals surface area contributed by atoms with Crippen LogP contribution in [0.25, 0.3) is 11.1 Å². The van der Waals surface area contributed by atoms with Gasteiger partial charge in [-0.25, -0.2) is 0 Å². The second-order valence-electron chi connectivity index (χ2n) is 8.01. The van der Waals surface area contributed by atoms with E-state index in [1.165, 1.54) is 11.3 Å². The minimum Gasteiger partial charge on any atom is -0.497 e. The number of methoxy groups -OCH3 is 1. The molecule has 31 heavy (non-hydrogen) atoms. The minimum atomic E-state index is 0.121. The molecule has 2 heterocycles. The van der Waals surface area contributed by atoms with E-state index in [-0.39, 0.29) is 11.9 Å². The molecule has 0 bridgehead atoms. The van der Waals surface area contributed by atoms with Crippen LogP contribution in [0.1, 0.15) is 40.9 Å². The zero-order valence-corrected chi connectivity index (χ0v) is 18.9. The average molecular weight is 436 g/mol. The van der Waals surface area contributed by atoms with E-state index in [4.69, 9.17) is 4.74 Å². The van der Waals surface area contributed by atoms with Crippen molar-refractivity contribution in [1.82, 2.24) is 15.2 Å². The van der Waals surface area contributed by atoms with Crippen LogP contribution in [0.4, 0.5) is 0 Å². The van der Waals surface area contributed by atoms with Crippen LogP contribution in [0.15, 0.2) is 60.2 Å². The lowest BCUT2D eigenvalue weighted by Crippen LogP contribution is -2.44. The smallest absolute Gasteiger partial charge is 0.264 e. The Morgan fingerprint density at radius 3 is 2.55 bits per heavy atom. The molecule has 2 aromatic heterocycles. The Bertz CT molecular complexity index is 983. The molecule has 1 fully saturated rings. The molecule has 1 aromatic carbocycles. The van der Waals surface area contributed by atoms with Crippen LogP contribution in [0.3, 0.4) is 0 Å². The Balaban J connectivity index is 1.64. The van der Waals surface area contributed by atoms with Gasteiger partial charge < -0.3 is 15.0 Å². The highest BCUT2D eigenvalue weighted by Crippen LogP contribution is 2.30. The van der Waals surface area contributed by atoms with Gasteiger partial charge in [-0.3, -0.25) is 9.78 Å². The fourth-order valence-electron chi connectivity index (χ4n) is 4.36. The summed E-state index contributed by atoms with van der Waals surface area (Å²) in [4.78, 5) is 20.4. The number of nitrogens with one attached hydrogen (secondary N) is 1. The lowest BCUT2D eigenvalue weighted by atomic mass is 9.89. The number of pyridine rings is 1. The van der Waals surface area contributed by atoms with Crippen molar-refractivity contribution in [2.45, 2.75) is 44.3 Å². The Morgan fingerprint density at radius 1 is 1.13 bits per heavy atom. The molecule has 1 saturated carbocycles. The molecule has 6 heteroatoms. The van der Waals surface area contributed by atoms with E-state index >= 15 is 0 Å². The normalized spacial score (nSPS) is 18.5. The molecule has 4 rings (SSSR count). The van der Waals surface area contributed by atoms with Gasteiger partial charge in [0, 0.05) is 31.0 Å². The fraction of sp³-hybridized carbons (Fsp3) is 0.360. The van der Waals surface area contributed by atoms with E-state index in [9.17, 15) is 4.79 Å². The number of benzene rings is 1. The van der Waals surface area contributed by atoms with Gasteiger partial charge in [0.15, 0.2) is 0 Å². The highest BCUT2D eigenvalue weighted by molar-refractivity contribution is 7.12. The fourth-order valence-corrected chi connectivity index (χ4v) is 5.04. The number of aromatic nitrogens is 1. The molecule has 162 valence electrons. The summed E-state index contributed by atoms with van der Waals surface area (Å²) in [5.74, 6) is 0.919. The third-order valence-electron chi connectivity index (χ3n) is 6.11. The number of thiophene rings is 1. The molecular formula is C25H29N3O2S. The third kappa shape index (κ3) is 5.14. The molecule has 3 aromatic rings. The van der Waals surface area contributed by atoms with Crippen molar-refractivity contribution in [1.29, 1.82) is 0 Å². The molecule has 0 unspecified atom stereocenters. The molecule has 0 spiro atoms. The van der Waals surface area contributed by atoms with Gasteiger partial charge in [0.1, 0.15) is 5.75 Å². The summed E-state index contributed by atoms with van der Waals surface area (Å²) in [5.41, 5.74) is 3.23. The van der Waals surface area contributed by atoms with Crippen LogP contribution >= 0.6 is 11.3 Å². The maximum atomic E-state index is 13.5. The van der Waals surface area contributed by atoms with E-state index in [1.54, 1.807) is 19.5 Å². The van der Waals surface area contributed by atoms with Crippen LogP contribution in [0.5, 0.6) is 5.75 Å². The Kier molecular flexibility index (Phi) is 6.99. The molecule has 1 N–H and O–H groups in total. The second kappa shape index (κ2) is 10.1. The number of amides is 1. The zero-order valence-electron chi connectivity index (χ0n) is 18.1. The van der Waals surface area contributed by atoms with Gasteiger partial charge in [-0.1, -0.05) is 6.07 Å². The predicted octanol–water partition coefficient (Wildman–Crippen LogP) is 4.99. The zero-order chi connectivity index (χ0) is 21.6. The lowest BCUT2D eigenvalue weighted by Gasteiger charge is -2.37.